The maximum absolute atomic E-state index is 13.4. The zero-order valence-electron chi connectivity index (χ0n) is 20.4. The van der Waals surface area contributed by atoms with Crippen LogP contribution in [-0.2, 0) is 19.3 Å². The highest BCUT2D eigenvalue weighted by Gasteiger charge is 2.30. The smallest absolute Gasteiger partial charge is 0.396 e. The van der Waals surface area contributed by atoms with Crippen molar-refractivity contribution in [2.45, 2.75) is 45.5 Å². The van der Waals surface area contributed by atoms with Crippen LogP contribution < -0.4 is 10.5 Å². The standard InChI is InChI=1S/C25H28F3N7O2/c1-2-8-35-23(37)20-22(32-24(35)33-9-6-16(15-36)7-10-33)31-21(30-20)18-12-29-34(14-18)13-17-4-3-5-19(11-17)25(26,27)28/h3-5,11-12,14,16,36H,2,6-10,13,15H2,1H3,(H,30,31). The predicted octanol–water partition coefficient (Wildman–Crippen LogP) is 3.67. The molecule has 1 saturated heterocycles. The number of anilines is 1. The van der Waals surface area contributed by atoms with Crippen molar-refractivity contribution in [3.63, 3.8) is 0 Å². The number of aromatic amines is 1. The van der Waals surface area contributed by atoms with Crippen LogP contribution in [0.2, 0.25) is 0 Å². The number of hydrogen-bond donors (Lipinski definition) is 2. The molecule has 12 heteroatoms. The molecule has 0 amide bonds. The van der Waals surface area contributed by atoms with E-state index in [0.29, 0.717) is 53.7 Å². The lowest BCUT2D eigenvalue weighted by molar-refractivity contribution is -0.137. The zero-order valence-corrected chi connectivity index (χ0v) is 20.4. The van der Waals surface area contributed by atoms with Gasteiger partial charge in [0, 0.05) is 32.4 Å². The number of nitrogens with zero attached hydrogens (tertiary/aromatic N) is 6. The van der Waals surface area contributed by atoms with Gasteiger partial charge >= 0.3 is 6.18 Å². The number of H-pyrrole nitrogens is 1. The Hall–Kier alpha value is -3.67. The van der Waals surface area contributed by atoms with Crippen molar-refractivity contribution in [1.29, 1.82) is 0 Å². The number of imidazole rings is 1. The fourth-order valence-electron chi connectivity index (χ4n) is 4.70. The van der Waals surface area contributed by atoms with E-state index in [1.165, 1.54) is 10.7 Å². The topological polar surface area (TPSA) is 105 Å². The molecule has 0 atom stereocenters. The summed E-state index contributed by atoms with van der Waals surface area (Å²) in [6, 6.07) is 5.13. The highest BCUT2D eigenvalue weighted by Crippen LogP contribution is 2.30. The van der Waals surface area contributed by atoms with E-state index in [-0.39, 0.29) is 24.6 Å². The van der Waals surface area contributed by atoms with Crippen molar-refractivity contribution in [2.75, 3.05) is 24.6 Å². The molecule has 3 aromatic heterocycles. The van der Waals surface area contributed by atoms with Gasteiger partial charge in [0.05, 0.1) is 23.9 Å². The minimum absolute atomic E-state index is 0.152. The van der Waals surface area contributed by atoms with E-state index < -0.39 is 11.7 Å². The Kier molecular flexibility index (Phi) is 6.76. The summed E-state index contributed by atoms with van der Waals surface area (Å²) in [5, 5.41) is 13.7. The molecule has 0 radical (unpaired) electrons. The second kappa shape index (κ2) is 10.0. The number of aliphatic hydroxyl groups is 1. The normalized spacial score (nSPS) is 15.1. The number of nitrogens with one attached hydrogen (secondary N) is 1. The van der Waals surface area contributed by atoms with Crippen LogP contribution in [-0.4, -0.2) is 54.1 Å². The maximum Gasteiger partial charge on any atom is 0.416 e. The van der Waals surface area contributed by atoms with Crippen LogP contribution in [0.5, 0.6) is 0 Å². The number of aliphatic hydroxyl groups excluding tert-OH is 1. The van der Waals surface area contributed by atoms with Crippen molar-refractivity contribution in [2.24, 2.45) is 5.92 Å². The monoisotopic (exact) mass is 515 g/mol. The molecular weight excluding hydrogens is 487 g/mol. The van der Waals surface area contributed by atoms with Gasteiger partial charge < -0.3 is 15.0 Å². The average Bonchev–Trinajstić information content (AvgIpc) is 3.53. The molecule has 2 N–H and O–H groups in total. The second-order valence-corrected chi connectivity index (χ2v) is 9.39. The molecule has 1 aliphatic rings. The molecule has 196 valence electrons. The molecule has 37 heavy (non-hydrogen) atoms. The Morgan fingerprint density at radius 2 is 1.97 bits per heavy atom. The molecule has 0 unspecified atom stereocenters. The lowest BCUT2D eigenvalue weighted by Gasteiger charge is -2.33. The van der Waals surface area contributed by atoms with Crippen molar-refractivity contribution in [3.8, 4) is 11.4 Å². The number of aromatic nitrogens is 6. The molecule has 1 aliphatic heterocycles. The van der Waals surface area contributed by atoms with Gasteiger partial charge in [-0.2, -0.15) is 23.3 Å². The summed E-state index contributed by atoms with van der Waals surface area (Å²) in [7, 11) is 0. The number of halogens is 3. The molecule has 0 aliphatic carbocycles. The van der Waals surface area contributed by atoms with Crippen molar-refractivity contribution in [3.05, 3.63) is 58.1 Å². The SMILES string of the molecule is CCCn1c(N2CCC(CO)CC2)nc2nc(-c3cnn(Cc4cccc(C(F)(F)F)c4)c3)[nH]c2c1=O. The summed E-state index contributed by atoms with van der Waals surface area (Å²) in [6.45, 7) is 4.22. The summed E-state index contributed by atoms with van der Waals surface area (Å²) in [5.74, 6) is 1.25. The summed E-state index contributed by atoms with van der Waals surface area (Å²) in [4.78, 5) is 27.8. The first-order valence-electron chi connectivity index (χ1n) is 12.3. The van der Waals surface area contributed by atoms with Crippen LogP contribution in [0.25, 0.3) is 22.6 Å². The van der Waals surface area contributed by atoms with Crippen LogP contribution >= 0.6 is 0 Å². The molecule has 5 rings (SSSR count). The second-order valence-electron chi connectivity index (χ2n) is 9.39. The lowest BCUT2D eigenvalue weighted by atomic mass is 9.98. The highest BCUT2D eigenvalue weighted by molar-refractivity contribution is 5.76. The van der Waals surface area contributed by atoms with E-state index in [4.69, 9.17) is 4.98 Å². The molecule has 0 bridgehead atoms. The largest absolute Gasteiger partial charge is 0.416 e. The average molecular weight is 516 g/mol. The lowest BCUT2D eigenvalue weighted by Crippen LogP contribution is -2.39. The van der Waals surface area contributed by atoms with Gasteiger partial charge in [-0.3, -0.25) is 14.0 Å². The third-order valence-corrected chi connectivity index (χ3v) is 6.70. The summed E-state index contributed by atoms with van der Waals surface area (Å²) < 4.78 is 42.3. The summed E-state index contributed by atoms with van der Waals surface area (Å²) >= 11 is 0. The van der Waals surface area contributed by atoms with Crippen LogP contribution in [0.15, 0.2) is 41.5 Å². The summed E-state index contributed by atoms with van der Waals surface area (Å²) in [6.07, 6.45) is 1.22. The van der Waals surface area contributed by atoms with Crippen molar-refractivity contribution in [1.82, 2.24) is 29.3 Å². The molecule has 0 saturated carbocycles. The van der Waals surface area contributed by atoms with Crippen LogP contribution in [0.3, 0.4) is 0 Å². The van der Waals surface area contributed by atoms with Crippen LogP contribution in [0.1, 0.15) is 37.3 Å². The quantitative estimate of drug-likeness (QED) is 0.389. The van der Waals surface area contributed by atoms with Gasteiger partial charge in [0.25, 0.3) is 5.56 Å². The first-order chi connectivity index (χ1) is 17.8. The molecule has 4 heterocycles. The van der Waals surface area contributed by atoms with E-state index in [9.17, 15) is 23.1 Å². The van der Waals surface area contributed by atoms with Gasteiger partial charge in [0.15, 0.2) is 11.2 Å². The number of benzene rings is 1. The Labute approximate surface area is 210 Å². The first kappa shape index (κ1) is 25.0. The molecule has 1 fully saturated rings. The summed E-state index contributed by atoms with van der Waals surface area (Å²) in [5.41, 5.74) is 0.742. The fourth-order valence-corrected chi connectivity index (χ4v) is 4.70. The Morgan fingerprint density at radius 3 is 2.68 bits per heavy atom. The van der Waals surface area contributed by atoms with Gasteiger partial charge in [0.2, 0.25) is 5.95 Å². The molecular formula is C25H28F3N7O2. The van der Waals surface area contributed by atoms with Gasteiger partial charge in [-0.1, -0.05) is 19.1 Å². The van der Waals surface area contributed by atoms with Crippen LogP contribution in [0, 0.1) is 5.92 Å². The Balaban J connectivity index is 1.44. The van der Waals surface area contributed by atoms with E-state index in [2.05, 4.69) is 20.0 Å². The van der Waals surface area contributed by atoms with Crippen LogP contribution in [0.4, 0.5) is 19.1 Å². The van der Waals surface area contributed by atoms with Gasteiger partial charge in [0.1, 0.15) is 5.82 Å². The zero-order chi connectivity index (χ0) is 26.2. The van der Waals surface area contributed by atoms with Gasteiger partial charge in [-0.05, 0) is 42.9 Å². The van der Waals surface area contributed by atoms with Crippen molar-refractivity contribution < 1.29 is 18.3 Å². The van der Waals surface area contributed by atoms with Gasteiger partial charge in [-0.15, -0.1) is 0 Å². The molecule has 9 nitrogen and oxygen atoms in total. The number of hydrogen-bond acceptors (Lipinski definition) is 6. The number of rotatable bonds is 7. The van der Waals surface area contributed by atoms with Crippen molar-refractivity contribution >= 4 is 17.1 Å². The minimum Gasteiger partial charge on any atom is -0.396 e. The third kappa shape index (κ3) is 5.10. The molecule has 0 spiro atoms. The van der Waals surface area contributed by atoms with E-state index in [1.807, 2.05) is 6.92 Å². The van der Waals surface area contributed by atoms with E-state index in [0.717, 1.165) is 31.4 Å². The number of piperidine rings is 1. The third-order valence-electron chi connectivity index (χ3n) is 6.70. The highest BCUT2D eigenvalue weighted by atomic mass is 19.4. The number of alkyl halides is 3. The maximum atomic E-state index is 13.4. The Morgan fingerprint density at radius 1 is 1.19 bits per heavy atom. The van der Waals surface area contributed by atoms with E-state index >= 15 is 0 Å². The minimum atomic E-state index is -4.41. The first-order valence-corrected chi connectivity index (χ1v) is 12.3. The Bertz CT molecular complexity index is 1450. The number of fused-ring (bicyclic) bond motifs is 1. The van der Waals surface area contributed by atoms with Gasteiger partial charge in [-0.25, -0.2) is 4.98 Å². The van der Waals surface area contributed by atoms with E-state index in [1.54, 1.807) is 23.0 Å². The molecule has 4 aromatic rings. The fraction of sp³-hybridized carbons (Fsp3) is 0.440. The molecule has 1 aromatic carbocycles. The predicted molar refractivity (Wildman–Crippen MR) is 132 cm³/mol.